The third-order valence-corrected chi connectivity index (χ3v) is 6.18. The van der Waals surface area contributed by atoms with Crippen LogP contribution in [0, 0.1) is 0 Å². The van der Waals surface area contributed by atoms with Gasteiger partial charge in [-0.15, -0.1) is 0 Å². The van der Waals surface area contributed by atoms with E-state index in [1.165, 1.54) is 6.92 Å². The highest BCUT2D eigenvalue weighted by atomic mass is 32.2. The lowest BCUT2D eigenvalue weighted by molar-refractivity contribution is -0.148. The van der Waals surface area contributed by atoms with Crippen molar-refractivity contribution in [2.75, 3.05) is 6.61 Å². The van der Waals surface area contributed by atoms with E-state index in [-0.39, 0.29) is 29.9 Å². The first-order valence-corrected chi connectivity index (χ1v) is 10.7. The molecular formula is C23H25NO5S. The summed E-state index contributed by atoms with van der Waals surface area (Å²) < 4.78 is 10.5. The normalized spacial score (nSPS) is 19.6. The van der Waals surface area contributed by atoms with E-state index in [9.17, 15) is 14.4 Å². The van der Waals surface area contributed by atoms with Crippen molar-refractivity contribution in [3.8, 4) is 5.75 Å². The summed E-state index contributed by atoms with van der Waals surface area (Å²) in [5.41, 5.74) is 2.69. The SMILES string of the molecule is CCc1ccc([C@H](COc2ccc(CC3(C)SC(=O)CC3=O)cc2)OC(C)=O)cn1. The summed E-state index contributed by atoms with van der Waals surface area (Å²) in [6.07, 6.45) is 2.48. The highest BCUT2D eigenvalue weighted by Crippen LogP contribution is 2.39. The fraction of sp³-hybridized carbons (Fsp3) is 0.391. The molecule has 1 saturated heterocycles. The van der Waals surface area contributed by atoms with Crippen LogP contribution < -0.4 is 4.74 Å². The Hall–Kier alpha value is -2.67. The van der Waals surface area contributed by atoms with Crippen molar-refractivity contribution in [3.05, 3.63) is 59.4 Å². The maximum absolute atomic E-state index is 12.1. The Balaban J connectivity index is 1.63. The van der Waals surface area contributed by atoms with E-state index < -0.39 is 10.9 Å². The number of ether oxygens (including phenoxy) is 2. The topological polar surface area (TPSA) is 82.6 Å². The van der Waals surface area contributed by atoms with Crippen LogP contribution in [0.2, 0.25) is 0 Å². The van der Waals surface area contributed by atoms with Crippen molar-refractivity contribution < 1.29 is 23.9 Å². The fourth-order valence-electron chi connectivity index (χ4n) is 3.30. The maximum atomic E-state index is 12.1. The summed E-state index contributed by atoms with van der Waals surface area (Å²) in [5, 5.41) is -0.0691. The molecule has 2 atom stereocenters. The van der Waals surface area contributed by atoms with Gasteiger partial charge in [0.05, 0.1) is 11.2 Å². The van der Waals surface area contributed by atoms with Gasteiger partial charge in [0.2, 0.25) is 0 Å². The van der Waals surface area contributed by atoms with Crippen molar-refractivity contribution in [2.45, 2.75) is 50.9 Å². The van der Waals surface area contributed by atoms with E-state index in [0.29, 0.717) is 12.2 Å². The van der Waals surface area contributed by atoms with Crippen LogP contribution in [-0.4, -0.2) is 33.2 Å². The highest BCUT2D eigenvalue weighted by molar-refractivity contribution is 8.16. The monoisotopic (exact) mass is 427 g/mol. The number of benzene rings is 1. The largest absolute Gasteiger partial charge is 0.489 e. The number of ketones is 1. The van der Waals surface area contributed by atoms with Crippen LogP contribution in [0.4, 0.5) is 0 Å². The third kappa shape index (κ3) is 5.48. The number of carbonyl (C=O) groups excluding carboxylic acids is 3. The van der Waals surface area contributed by atoms with Crippen LogP contribution >= 0.6 is 11.8 Å². The minimum atomic E-state index is -0.697. The number of Topliss-reactive ketones (excluding diaryl/α,β-unsaturated/α-hetero) is 1. The molecule has 1 aromatic carbocycles. The second kappa shape index (κ2) is 9.43. The van der Waals surface area contributed by atoms with Gasteiger partial charge < -0.3 is 9.47 Å². The number of esters is 1. The second-order valence-electron chi connectivity index (χ2n) is 7.47. The smallest absolute Gasteiger partial charge is 0.303 e. The zero-order valence-corrected chi connectivity index (χ0v) is 18.2. The molecule has 0 aliphatic carbocycles. The number of carbonyl (C=O) groups is 3. The Morgan fingerprint density at radius 2 is 1.93 bits per heavy atom. The summed E-state index contributed by atoms with van der Waals surface area (Å²) in [7, 11) is 0. The predicted molar refractivity (Wildman–Crippen MR) is 114 cm³/mol. The summed E-state index contributed by atoms with van der Waals surface area (Å²) in [5.74, 6) is 0.213. The van der Waals surface area contributed by atoms with Crippen molar-refractivity contribution in [3.63, 3.8) is 0 Å². The number of rotatable bonds is 8. The van der Waals surface area contributed by atoms with Crippen molar-refractivity contribution in [1.82, 2.24) is 4.98 Å². The van der Waals surface area contributed by atoms with Crippen LogP contribution in [0.1, 0.15) is 50.1 Å². The molecule has 7 heteroatoms. The Labute approximate surface area is 180 Å². The van der Waals surface area contributed by atoms with Gasteiger partial charge in [-0.05, 0) is 43.5 Å². The fourth-order valence-corrected chi connectivity index (χ4v) is 4.43. The van der Waals surface area contributed by atoms with Crippen LogP contribution in [0.3, 0.4) is 0 Å². The number of hydrogen-bond donors (Lipinski definition) is 0. The van der Waals surface area contributed by atoms with Gasteiger partial charge in [0.15, 0.2) is 17.0 Å². The van der Waals surface area contributed by atoms with E-state index in [4.69, 9.17) is 9.47 Å². The van der Waals surface area contributed by atoms with E-state index >= 15 is 0 Å². The number of thioether (sulfide) groups is 1. The van der Waals surface area contributed by atoms with Crippen LogP contribution in [0.25, 0.3) is 0 Å². The van der Waals surface area contributed by atoms with E-state index in [1.54, 1.807) is 6.20 Å². The first kappa shape index (κ1) is 22.0. The minimum Gasteiger partial charge on any atom is -0.489 e. The van der Waals surface area contributed by atoms with Crippen LogP contribution in [0.5, 0.6) is 5.75 Å². The zero-order chi connectivity index (χ0) is 21.7. The number of nitrogens with zero attached hydrogens (tertiary/aromatic N) is 1. The molecule has 6 nitrogen and oxygen atoms in total. The molecule has 2 aromatic rings. The Kier molecular flexibility index (Phi) is 6.92. The van der Waals surface area contributed by atoms with Gasteiger partial charge >= 0.3 is 5.97 Å². The lowest BCUT2D eigenvalue weighted by Crippen LogP contribution is -2.29. The molecule has 1 aromatic heterocycles. The molecule has 0 amide bonds. The van der Waals surface area contributed by atoms with Gasteiger partial charge in [-0.25, -0.2) is 0 Å². The first-order chi connectivity index (χ1) is 14.3. The highest BCUT2D eigenvalue weighted by Gasteiger charge is 2.43. The van der Waals surface area contributed by atoms with Crippen molar-refractivity contribution in [1.29, 1.82) is 0 Å². The number of pyridine rings is 1. The van der Waals surface area contributed by atoms with Gasteiger partial charge in [-0.3, -0.25) is 19.4 Å². The third-order valence-electron chi connectivity index (χ3n) is 4.99. The minimum absolute atomic E-state index is 0.00793. The van der Waals surface area contributed by atoms with E-state index in [0.717, 1.165) is 35.0 Å². The van der Waals surface area contributed by atoms with Crippen LogP contribution in [0.15, 0.2) is 42.6 Å². The quantitative estimate of drug-likeness (QED) is 0.467. The lowest BCUT2D eigenvalue weighted by atomic mass is 9.95. The average Bonchev–Trinajstić information content (AvgIpc) is 2.97. The molecule has 0 radical (unpaired) electrons. The predicted octanol–water partition coefficient (Wildman–Crippen LogP) is 3.86. The first-order valence-electron chi connectivity index (χ1n) is 9.88. The maximum Gasteiger partial charge on any atom is 0.303 e. The molecule has 1 unspecified atom stereocenters. The number of aromatic nitrogens is 1. The van der Waals surface area contributed by atoms with Crippen molar-refractivity contribution in [2.24, 2.45) is 0 Å². The molecule has 1 fully saturated rings. The molecule has 2 heterocycles. The van der Waals surface area contributed by atoms with Crippen LogP contribution in [-0.2, 0) is 32.0 Å². The van der Waals surface area contributed by atoms with Gasteiger partial charge in [-0.1, -0.05) is 36.9 Å². The standard InChI is InChI=1S/C23H25NO5S/c1-4-18-8-7-17(13-24-18)20(29-15(2)25)14-28-19-9-5-16(6-10-19)12-23(3)21(26)11-22(27)30-23/h5-10,13,20H,4,11-12,14H2,1-3H3/t20-,23?/m0/s1. The molecule has 158 valence electrons. The molecule has 1 aliphatic rings. The van der Waals surface area contributed by atoms with Gasteiger partial charge in [0.25, 0.3) is 0 Å². The second-order valence-corrected chi connectivity index (χ2v) is 9.03. The molecule has 0 bridgehead atoms. The average molecular weight is 428 g/mol. The molecular weight excluding hydrogens is 402 g/mol. The van der Waals surface area contributed by atoms with E-state index in [2.05, 4.69) is 4.98 Å². The summed E-state index contributed by atoms with van der Waals surface area (Å²) in [6, 6.07) is 11.2. The molecule has 0 N–H and O–H groups in total. The van der Waals surface area contributed by atoms with Gasteiger partial charge in [0.1, 0.15) is 12.4 Å². The molecule has 0 spiro atoms. The summed E-state index contributed by atoms with van der Waals surface area (Å²) in [6.45, 7) is 5.37. The summed E-state index contributed by atoms with van der Waals surface area (Å²) >= 11 is 1.12. The molecule has 1 aliphatic heterocycles. The molecule has 30 heavy (non-hydrogen) atoms. The zero-order valence-electron chi connectivity index (χ0n) is 17.3. The number of hydrogen-bond acceptors (Lipinski definition) is 7. The van der Waals surface area contributed by atoms with Crippen molar-refractivity contribution >= 4 is 28.6 Å². The lowest BCUT2D eigenvalue weighted by Gasteiger charge is -2.20. The Morgan fingerprint density at radius 1 is 1.20 bits per heavy atom. The van der Waals surface area contributed by atoms with Gasteiger partial charge in [-0.2, -0.15) is 0 Å². The Bertz CT molecular complexity index is 926. The van der Waals surface area contributed by atoms with Gasteiger partial charge in [0, 0.05) is 24.4 Å². The molecule has 0 saturated carbocycles. The molecule has 3 rings (SSSR count). The number of aryl methyl sites for hydroxylation is 1. The Morgan fingerprint density at radius 3 is 2.47 bits per heavy atom. The van der Waals surface area contributed by atoms with E-state index in [1.807, 2.05) is 50.2 Å². The summed E-state index contributed by atoms with van der Waals surface area (Å²) in [4.78, 5) is 39.5.